The van der Waals surface area contributed by atoms with Crippen LogP contribution < -0.4 is 4.90 Å². The largest absolute Gasteiger partial charge is 0.377 e. The number of ether oxygens (including phenoxy) is 1. The summed E-state index contributed by atoms with van der Waals surface area (Å²) in [6.07, 6.45) is 2.51. The van der Waals surface area contributed by atoms with Gasteiger partial charge in [-0.15, -0.1) is 0 Å². The number of likely N-dealkylation sites (N-methyl/N-ethyl adjacent to an activating group) is 1. The molecular weight excluding hydrogens is 270 g/mol. The Balaban J connectivity index is 1.71. The number of nitrogens with zero attached hydrogens (tertiary/aromatic N) is 3. The van der Waals surface area contributed by atoms with Gasteiger partial charge >= 0.3 is 0 Å². The van der Waals surface area contributed by atoms with Crippen molar-refractivity contribution < 1.29 is 4.74 Å². The number of rotatable bonds is 6. The van der Waals surface area contributed by atoms with Crippen molar-refractivity contribution in [3.05, 3.63) is 41.7 Å². The molecule has 0 bridgehead atoms. The van der Waals surface area contributed by atoms with Crippen LogP contribution in [0.2, 0.25) is 0 Å². The molecule has 1 aromatic carbocycles. The van der Waals surface area contributed by atoms with Gasteiger partial charge in [-0.2, -0.15) is 4.37 Å². The van der Waals surface area contributed by atoms with Gasteiger partial charge in [0.15, 0.2) is 5.82 Å². The molecule has 0 radical (unpaired) electrons. The van der Waals surface area contributed by atoms with Crippen LogP contribution in [0.5, 0.6) is 0 Å². The highest BCUT2D eigenvalue weighted by atomic mass is 32.1. The van der Waals surface area contributed by atoms with Crippen molar-refractivity contribution in [3.63, 3.8) is 0 Å². The van der Waals surface area contributed by atoms with Gasteiger partial charge in [0, 0.05) is 37.6 Å². The predicted molar refractivity (Wildman–Crippen MR) is 81.2 cm³/mol. The second kappa shape index (κ2) is 5.50. The highest BCUT2D eigenvalue weighted by Gasteiger charge is 2.45. The summed E-state index contributed by atoms with van der Waals surface area (Å²) in [5, 5.41) is 0.972. The fourth-order valence-corrected chi connectivity index (χ4v) is 3.22. The molecule has 0 atom stereocenters. The third-order valence-corrected chi connectivity index (χ3v) is 4.71. The normalized spacial score (nSPS) is 16.1. The van der Waals surface area contributed by atoms with Crippen LogP contribution in [-0.2, 0) is 16.8 Å². The minimum Gasteiger partial charge on any atom is -0.377 e. The molecule has 5 heteroatoms. The topological polar surface area (TPSA) is 38.2 Å². The Hall–Kier alpha value is -1.46. The Morgan fingerprint density at radius 3 is 2.70 bits per heavy atom. The van der Waals surface area contributed by atoms with Gasteiger partial charge in [0.2, 0.25) is 5.13 Å². The smallest absolute Gasteiger partial charge is 0.205 e. The van der Waals surface area contributed by atoms with E-state index in [2.05, 4.69) is 51.6 Å². The van der Waals surface area contributed by atoms with Crippen molar-refractivity contribution in [2.75, 3.05) is 25.6 Å². The molecule has 0 spiro atoms. The number of aromatic nitrogens is 2. The Morgan fingerprint density at radius 1 is 1.30 bits per heavy atom. The molecule has 1 saturated carbocycles. The number of anilines is 1. The molecule has 1 aromatic heterocycles. The van der Waals surface area contributed by atoms with Gasteiger partial charge in [0.05, 0.1) is 0 Å². The second-order valence-corrected chi connectivity index (χ2v) is 6.16. The van der Waals surface area contributed by atoms with Crippen molar-refractivity contribution in [2.45, 2.75) is 24.9 Å². The van der Waals surface area contributed by atoms with Crippen LogP contribution in [0.4, 0.5) is 5.13 Å². The maximum Gasteiger partial charge on any atom is 0.205 e. The quantitative estimate of drug-likeness (QED) is 0.819. The first kappa shape index (κ1) is 13.5. The van der Waals surface area contributed by atoms with Gasteiger partial charge in [-0.25, -0.2) is 4.98 Å². The summed E-state index contributed by atoms with van der Waals surface area (Å²) in [6.45, 7) is 1.48. The van der Waals surface area contributed by atoms with Gasteiger partial charge in [-0.1, -0.05) is 30.3 Å². The highest BCUT2D eigenvalue weighted by molar-refractivity contribution is 7.09. The Labute approximate surface area is 123 Å². The number of hydrogen-bond donors (Lipinski definition) is 0. The zero-order valence-corrected chi connectivity index (χ0v) is 12.7. The maximum atomic E-state index is 5.07. The average molecular weight is 289 g/mol. The van der Waals surface area contributed by atoms with Crippen LogP contribution in [-0.4, -0.2) is 30.1 Å². The fourth-order valence-electron chi connectivity index (χ4n) is 2.59. The maximum absolute atomic E-state index is 5.07. The Bertz CT molecular complexity index is 566. The molecule has 2 aromatic rings. The molecular formula is C15H19N3OS. The molecule has 0 unspecified atom stereocenters. The van der Waals surface area contributed by atoms with E-state index >= 15 is 0 Å². The Kier molecular flexibility index (Phi) is 3.72. The Morgan fingerprint density at radius 2 is 2.05 bits per heavy atom. The van der Waals surface area contributed by atoms with E-state index in [-0.39, 0.29) is 0 Å². The molecule has 1 heterocycles. The number of hydrogen-bond acceptors (Lipinski definition) is 5. The van der Waals surface area contributed by atoms with Crippen LogP contribution >= 0.6 is 11.5 Å². The zero-order valence-electron chi connectivity index (χ0n) is 11.9. The molecule has 0 aliphatic heterocycles. The molecule has 1 fully saturated rings. The lowest BCUT2D eigenvalue weighted by molar-refractivity contribution is 0.179. The number of methoxy groups -OCH3 is 1. The van der Waals surface area contributed by atoms with Crippen molar-refractivity contribution in [3.8, 4) is 0 Å². The van der Waals surface area contributed by atoms with Crippen LogP contribution in [0.25, 0.3) is 0 Å². The third kappa shape index (κ3) is 2.69. The van der Waals surface area contributed by atoms with E-state index in [4.69, 9.17) is 4.74 Å². The van der Waals surface area contributed by atoms with E-state index in [1.54, 1.807) is 7.11 Å². The molecule has 1 aliphatic carbocycles. The molecule has 3 rings (SSSR count). The lowest BCUT2D eigenvalue weighted by Gasteiger charge is -2.23. The van der Waals surface area contributed by atoms with Crippen LogP contribution in [0.15, 0.2) is 30.3 Å². The van der Waals surface area contributed by atoms with Crippen molar-refractivity contribution >= 4 is 16.7 Å². The standard InChI is InChI=1S/C15H19N3OS/c1-18(14-16-13(10-19-2)17-20-14)11-15(8-9-15)12-6-4-3-5-7-12/h3-7H,8-11H2,1-2H3. The second-order valence-electron chi connectivity index (χ2n) is 5.43. The summed E-state index contributed by atoms with van der Waals surface area (Å²) < 4.78 is 9.38. The highest BCUT2D eigenvalue weighted by Crippen LogP contribution is 2.48. The van der Waals surface area contributed by atoms with E-state index in [9.17, 15) is 0 Å². The van der Waals surface area contributed by atoms with Crippen LogP contribution in [0.3, 0.4) is 0 Å². The van der Waals surface area contributed by atoms with E-state index in [1.165, 1.54) is 29.9 Å². The summed E-state index contributed by atoms with van der Waals surface area (Å²) >= 11 is 1.45. The first-order valence-electron chi connectivity index (χ1n) is 6.82. The molecule has 0 N–H and O–H groups in total. The fraction of sp³-hybridized carbons (Fsp3) is 0.467. The van der Waals surface area contributed by atoms with E-state index in [0.717, 1.165) is 17.5 Å². The lowest BCUT2D eigenvalue weighted by atomic mass is 9.96. The lowest BCUT2D eigenvalue weighted by Crippen LogP contribution is -2.29. The minimum atomic E-state index is 0.309. The first-order chi connectivity index (χ1) is 9.73. The molecule has 0 amide bonds. The number of benzene rings is 1. The van der Waals surface area contributed by atoms with E-state index < -0.39 is 0 Å². The predicted octanol–water partition coefficient (Wildman–Crippen LogP) is 2.85. The van der Waals surface area contributed by atoms with E-state index in [1.807, 2.05) is 0 Å². The van der Waals surface area contributed by atoms with Crippen molar-refractivity contribution in [2.24, 2.45) is 0 Å². The first-order valence-corrected chi connectivity index (χ1v) is 7.59. The monoisotopic (exact) mass is 289 g/mol. The molecule has 106 valence electrons. The van der Waals surface area contributed by atoms with Crippen LogP contribution in [0, 0.1) is 0 Å². The van der Waals surface area contributed by atoms with Crippen molar-refractivity contribution in [1.82, 2.24) is 9.36 Å². The van der Waals surface area contributed by atoms with Gasteiger partial charge in [-0.3, -0.25) is 0 Å². The summed E-state index contributed by atoms with van der Waals surface area (Å²) in [7, 11) is 3.76. The summed E-state index contributed by atoms with van der Waals surface area (Å²) in [5.41, 5.74) is 1.75. The van der Waals surface area contributed by atoms with Crippen LogP contribution in [0.1, 0.15) is 24.2 Å². The molecule has 0 saturated heterocycles. The van der Waals surface area contributed by atoms with Crippen molar-refractivity contribution in [1.29, 1.82) is 0 Å². The summed E-state index contributed by atoms with van der Waals surface area (Å²) in [6, 6.07) is 10.8. The van der Waals surface area contributed by atoms with E-state index in [0.29, 0.717) is 12.0 Å². The molecule has 4 nitrogen and oxygen atoms in total. The summed E-state index contributed by atoms with van der Waals surface area (Å²) in [5.74, 6) is 0.768. The SMILES string of the molecule is COCc1nsc(N(C)CC2(c3ccccc3)CC2)n1. The minimum absolute atomic E-state index is 0.309. The average Bonchev–Trinajstić information content (AvgIpc) is 3.10. The zero-order chi connectivity index (χ0) is 14.0. The molecule has 1 aliphatic rings. The van der Waals surface area contributed by atoms with Gasteiger partial charge in [-0.05, 0) is 18.4 Å². The molecule has 20 heavy (non-hydrogen) atoms. The van der Waals surface area contributed by atoms with Gasteiger partial charge in [0.1, 0.15) is 6.61 Å². The third-order valence-electron chi connectivity index (χ3n) is 3.84. The summed E-state index contributed by atoms with van der Waals surface area (Å²) in [4.78, 5) is 6.73. The van der Waals surface area contributed by atoms with Gasteiger partial charge < -0.3 is 9.64 Å². The van der Waals surface area contributed by atoms with Gasteiger partial charge in [0.25, 0.3) is 0 Å².